The largest absolute Gasteiger partial charge is 0.382 e. The smallest absolute Gasteiger partial charge is 0.222 e. The molecule has 12 heavy (non-hydrogen) atoms. The van der Waals surface area contributed by atoms with Crippen LogP contribution >= 0.6 is 0 Å². The van der Waals surface area contributed by atoms with Crippen molar-refractivity contribution in [3.05, 3.63) is 12.5 Å². The zero-order chi connectivity index (χ0) is 8.55. The van der Waals surface area contributed by atoms with Crippen molar-refractivity contribution in [2.24, 2.45) is 0 Å². The molecule has 0 aromatic carbocycles. The lowest BCUT2D eigenvalue weighted by Gasteiger charge is -1.98. The number of rotatable bonds is 0. The molecule has 0 unspecified atom stereocenters. The molecule has 4 N–H and O–H groups in total. The van der Waals surface area contributed by atoms with Gasteiger partial charge in [0, 0.05) is 0 Å². The van der Waals surface area contributed by atoms with Crippen LogP contribution in [0.5, 0.6) is 0 Å². The van der Waals surface area contributed by atoms with Gasteiger partial charge in [0.1, 0.15) is 17.4 Å². The van der Waals surface area contributed by atoms with E-state index < -0.39 is 0 Å². The molecule has 0 aliphatic rings. The third-order valence-corrected chi connectivity index (χ3v) is 1.41. The van der Waals surface area contributed by atoms with Gasteiger partial charge in [-0.15, -0.1) is 0 Å². The summed E-state index contributed by atoms with van der Waals surface area (Å²) in [5.74, 6) is 0.412. The first kappa shape index (κ1) is 6.71. The van der Waals surface area contributed by atoms with Crippen molar-refractivity contribution < 1.29 is 0 Å². The van der Waals surface area contributed by atoms with E-state index in [1.165, 1.54) is 12.5 Å². The normalized spacial score (nSPS) is 10.3. The molecule has 0 radical (unpaired) electrons. The molecule has 2 rings (SSSR count). The van der Waals surface area contributed by atoms with Crippen LogP contribution in [0.1, 0.15) is 0 Å². The molecule has 0 atom stereocenters. The quantitative estimate of drug-likeness (QED) is 0.545. The number of hydrogen-bond donors (Lipinski definition) is 2. The Bertz CT molecular complexity index is 425. The Hall–Kier alpha value is -1.98. The maximum Gasteiger partial charge on any atom is 0.222 e. The van der Waals surface area contributed by atoms with Crippen molar-refractivity contribution in [3.8, 4) is 0 Å². The number of nitrogen functional groups attached to an aromatic ring is 2. The van der Waals surface area contributed by atoms with Gasteiger partial charge in [-0.25, -0.2) is 15.0 Å². The van der Waals surface area contributed by atoms with E-state index in [4.69, 9.17) is 11.5 Å². The molecule has 60 valence electrons. The predicted octanol–water partition coefficient (Wildman–Crippen LogP) is -0.416. The van der Waals surface area contributed by atoms with Gasteiger partial charge in [-0.1, -0.05) is 0 Å². The molecular weight excluding hydrogens is 156 g/mol. The predicted molar refractivity (Wildman–Crippen MR) is 44.0 cm³/mol. The number of nitrogens with two attached hydrogens (primary N) is 2. The van der Waals surface area contributed by atoms with E-state index in [1.54, 1.807) is 0 Å². The number of fused-ring (bicyclic) bond motifs is 1. The zero-order valence-electron chi connectivity index (χ0n) is 6.10. The van der Waals surface area contributed by atoms with Gasteiger partial charge in [0.25, 0.3) is 0 Å². The number of aromatic nitrogens is 4. The van der Waals surface area contributed by atoms with Crippen LogP contribution in [0.2, 0.25) is 0 Å². The van der Waals surface area contributed by atoms with E-state index in [0.717, 1.165) is 0 Å². The second-order valence-electron chi connectivity index (χ2n) is 2.22. The highest BCUT2D eigenvalue weighted by molar-refractivity contribution is 5.83. The first-order valence-corrected chi connectivity index (χ1v) is 3.26. The summed E-state index contributed by atoms with van der Waals surface area (Å²) in [6.07, 6.45) is 2.93. The van der Waals surface area contributed by atoms with Crippen molar-refractivity contribution in [3.63, 3.8) is 0 Å². The Morgan fingerprint density at radius 1 is 1.17 bits per heavy atom. The maximum absolute atomic E-state index is 5.54. The molecule has 0 aliphatic heterocycles. The zero-order valence-corrected chi connectivity index (χ0v) is 6.10. The summed E-state index contributed by atoms with van der Waals surface area (Å²) >= 11 is 0. The topological polar surface area (TPSA) is 104 Å². The molecule has 6 nitrogen and oxygen atoms in total. The lowest BCUT2D eigenvalue weighted by atomic mass is 10.4. The Kier molecular flexibility index (Phi) is 1.26. The first-order chi connectivity index (χ1) is 5.77. The standard InChI is InChI=1S/C6H6N6/c7-5-4-3(1-9-2-10-4)11-6(8)12-5/h1-2H,(H4,7,8,11,12). The fourth-order valence-electron chi connectivity index (χ4n) is 0.926. The van der Waals surface area contributed by atoms with Crippen LogP contribution in [0, 0.1) is 0 Å². The molecule has 0 saturated carbocycles. The Labute approximate surface area is 67.7 Å². The fraction of sp³-hybridized carbons (Fsp3) is 0. The van der Waals surface area contributed by atoms with E-state index in [1.807, 2.05) is 0 Å². The van der Waals surface area contributed by atoms with E-state index in [-0.39, 0.29) is 11.8 Å². The molecule has 2 aromatic heterocycles. The highest BCUT2D eigenvalue weighted by Gasteiger charge is 2.02. The minimum absolute atomic E-state index is 0.134. The summed E-state index contributed by atoms with van der Waals surface area (Å²) in [6.45, 7) is 0. The van der Waals surface area contributed by atoms with Crippen molar-refractivity contribution in [1.82, 2.24) is 19.9 Å². The number of anilines is 2. The van der Waals surface area contributed by atoms with Gasteiger partial charge < -0.3 is 11.5 Å². The Balaban J connectivity index is 2.89. The van der Waals surface area contributed by atoms with Gasteiger partial charge in [-0.3, -0.25) is 0 Å². The number of hydrogen-bond acceptors (Lipinski definition) is 6. The SMILES string of the molecule is Nc1nc(N)c2ncncc2n1. The van der Waals surface area contributed by atoms with Crippen molar-refractivity contribution >= 4 is 22.8 Å². The summed E-state index contributed by atoms with van der Waals surface area (Å²) in [5, 5.41) is 0. The fourth-order valence-corrected chi connectivity index (χ4v) is 0.926. The number of nitrogens with zero attached hydrogens (tertiary/aromatic N) is 4. The molecule has 0 fully saturated rings. The summed E-state index contributed by atoms with van der Waals surface area (Å²) in [4.78, 5) is 15.3. The van der Waals surface area contributed by atoms with Crippen LogP contribution in [0.15, 0.2) is 12.5 Å². The molecular formula is C6H6N6. The van der Waals surface area contributed by atoms with Gasteiger partial charge in [-0.2, -0.15) is 4.98 Å². The van der Waals surface area contributed by atoms with Crippen LogP contribution in [0.4, 0.5) is 11.8 Å². The molecule has 0 amide bonds. The molecule has 2 heterocycles. The molecule has 0 spiro atoms. The van der Waals surface area contributed by atoms with E-state index in [2.05, 4.69) is 19.9 Å². The van der Waals surface area contributed by atoms with Crippen LogP contribution in [0.25, 0.3) is 11.0 Å². The van der Waals surface area contributed by atoms with Crippen molar-refractivity contribution in [1.29, 1.82) is 0 Å². The molecule has 6 heteroatoms. The summed E-state index contributed by atoms with van der Waals surface area (Å²) in [5.41, 5.74) is 12.0. The van der Waals surface area contributed by atoms with Gasteiger partial charge in [0.2, 0.25) is 5.95 Å². The first-order valence-electron chi connectivity index (χ1n) is 3.26. The minimum atomic E-state index is 0.134. The van der Waals surface area contributed by atoms with Gasteiger partial charge >= 0.3 is 0 Å². The molecule has 0 bridgehead atoms. The van der Waals surface area contributed by atoms with Gasteiger partial charge in [-0.05, 0) is 0 Å². The summed E-state index contributed by atoms with van der Waals surface area (Å²) in [7, 11) is 0. The van der Waals surface area contributed by atoms with Crippen LogP contribution in [-0.2, 0) is 0 Å². The minimum Gasteiger partial charge on any atom is -0.382 e. The van der Waals surface area contributed by atoms with Gasteiger partial charge in [0.15, 0.2) is 5.82 Å². The maximum atomic E-state index is 5.54. The third kappa shape index (κ3) is 0.895. The highest BCUT2D eigenvalue weighted by Crippen LogP contribution is 2.13. The van der Waals surface area contributed by atoms with Crippen molar-refractivity contribution in [2.45, 2.75) is 0 Å². The monoisotopic (exact) mass is 162 g/mol. The van der Waals surface area contributed by atoms with Crippen LogP contribution < -0.4 is 11.5 Å². The van der Waals surface area contributed by atoms with E-state index in [9.17, 15) is 0 Å². The van der Waals surface area contributed by atoms with Crippen LogP contribution in [0.3, 0.4) is 0 Å². The second kappa shape index (κ2) is 2.26. The molecule has 2 aromatic rings. The lowest BCUT2D eigenvalue weighted by molar-refractivity contribution is 1.16. The second-order valence-corrected chi connectivity index (χ2v) is 2.22. The van der Waals surface area contributed by atoms with E-state index in [0.29, 0.717) is 11.0 Å². The Morgan fingerprint density at radius 2 is 2.00 bits per heavy atom. The van der Waals surface area contributed by atoms with Crippen LogP contribution in [-0.4, -0.2) is 19.9 Å². The summed E-state index contributed by atoms with van der Waals surface area (Å²) in [6, 6.07) is 0. The molecule has 0 aliphatic carbocycles. The van der Waals surface area contributed by atoms with Crippen molar-refractivity contribution in [2.75, 3.05) is 11.5 Å². The van der Waals surface area contributed by atoms with Gasteiger partial charge in [0.05, 0.1) is 6.20 Å². The average molecular weight is 162 g/mol. The summed E-state index contributed by atoms with van der Waals surface area (Å²) < 4.78 is 0. The van der Waals surface area contributed by atoms with E-state index >= 15 is 0 Å². The highest BCUT2D eigenvalue weighted by atomic mass is 15.1. The molecule has 0 saturated heterocycles. The Morgan fingerprint density at radius 3 is 2.83 bits per heavy atom. The lowest BCUT2D eigenvalue weighted by Crippen LogP contribution is -2.01. The average Bonchev–Trinajstić information content (AvgIpc) is 2.04. The third-order valence-electron chi connectivity index (χ3n) is 1.41.